The number of nitrogens with zero attached hydrogens (tertiary/aromatic N) is 1. The van der Waals surface area contributed by atoms with Crippen LogP contribution < -0.4 is 0 Å². The van der Waals surface area contributed by atoms with Gasteiger partial charge in [-0.1, -0.05) is 19.8 Å². The lowest BCUT2D eigenvalue weighted by Gasteiger charge is -2.36. The zero-order valence-corrected chi connectivity index (χ0v) is 9.35. The fourth-order valence-electron chi connectivity index (χ4n) is 2.34. The van der Waals surface area contributed by atoms with Crippen LogP contribution in [-0.2, 0) is 4.79 Å². The largest absolute Gasteiger partial charge is 0.480 e. The van der Waals surface area contributed by atoms with Gasteiger partial charge in [0.15, 0.2) is 0 Å². The van der Waals surface area contributed by atoms with E-state index in [9.17, 15) is 9.90 Å². The Morgan fingerprint density at radius 1 is 1.40 bits per heavy atom. The Hall–Kier alpha value is -0.610. The fraction of sp³-hybridized carbons (Fsp3) is 0.909. The van der Waals surface area contributed by atoms with E-state index in [-0.39, 0.29) is 18.7 Å². The first-order valence-electron chi connectivity index (χ1n) is 5.79. The summed E-state index contributed by atoms with van der Waals surface area (Å²) in [5.41, 5.74) is 0. The highest BCUT2D eigenvalue weighted by Gasteiger charge is 2.29. The van der Waals surface area contributed by atoms with Crippen molar-refractivity contribution in [2.45, 2.75) is 51.2 Å². The van der Waals surface area contributed by atoms with Crippen LogP contribution in [-0.4, -0.2) is 46.3 Å². The Morgan fingerprint density at radius 2 is 2.07 bits per heavy atom. The molecular weight excluding hydrogens is 194 g/mol. The van der Waals surface area contributed by atoms with E-state index < -0.39 is 5.97 Å². The van der Waals surface area contributed by atoms with Crippen LogP contribution >= 0.6 is 0 Å². The molecule has 0 radical (unpaired) electrons. The van der Waals surface area contributed by atoms with Crippen molar-refractivity contribution in [3.63, 3.8) is 0 Å². The summed E-state index contributed by atoms with van der Waals surface area (Å²) in [6, 6.07) is 0.0507. The van der Waals surface area contributed by atoms with Gasteiger partial charge in [0, 0.05) is 6.04 Å². The van der Waals surface area contributed by atoms with E-state index in [0.29, 0.717) is 0 Å². The van der Waals surface area contributed by atoms with Gasteiger partial charge in [-0.15, -0.1) is 0 Å². The SMILES string of the molecule is CCCN(CC(=O)O)C1CCCCC1O. The third kappa shape index (κ3) is 3.80. The highest BCUT2D eigenvalue weighted by Crippen LogP contribution is 2.23. The minimum Gasteiger partial charge on any atom is -0.480 e. The van der Waals surface area contributed by atoms with Crippen LogP contribution in [0.3, 0.4) is 0 Å². The summed E-state index contributed by atoms with van der Waals surface area (Å²) >= 11 is 0. The van der Waals surface area contributed by atoms with Crippen molar-refractivity contribution in [3.8, 4) is 0 Å². The topological polar surface area (TPSA) is 60.8 Å². The second kappa shape index (κ2) is 6.08. The molecule has 2 unspecified atom stereocenters. The summed E-state index contributed by atoms with van der Waals surface area (Å²) in [5.74, 6) is -0.804. The highest BCUT2D eigenvalue weighted by atomic mass is 16.4. The van der Waals surface area contributed by atoms with Gasteiger partial charge >= 0.3 is 5.97 Å². The van der Waals surface area contributed by atoms with Gasteiger partial charge < -0.3 is 10.2 Å². The molecule has 1 saturated carbocycles. The van der Waals surface area contributed by atoms with Crippen molar-refractivity contribution in [3.05, 3.63) is 0 Å². The van der Waals surface area contributed by atoms with E-state index in [1.807, 2.05) is 11.8 Å². The number of rotatable bonds is 5. The molecule has 4 nitrogen and oxygen atoms in total. The summed E-state index contributed by atoms with van der Waals surface area (Å²) in [7, 11) is 0. The van der Waals surface area contributed by atoms with Gasteiger partial charge in [-0.2, -0.15) is 0 Å². The number of hydrogen-bond acceptors (Lipinski definition) is 3. The molecule has 1 rings (SSSR count). The average Bonchev–Trinajstić information content (AvgIpc) is 2.17. The van der Waals surface area contributed by atoms with Gasteiger partial charge in [0.2, 0.25) is 0 Å². The molecule has 0 aromatic carbocycles. The Labute approximate surface area is 90.9 Å². The van der Waals surface area contributed by atoms with Crippen molar-refractivity contribution in [1.29, 1.82) is 0 Å². The molecular formula is C11H21NO3. The predicted octanol–water partition coefficient (Wildman–Crippen LogP) is 1.09. The molecule has 2 atom stereocenters. The van der Waals surface area contributed by atoms with E-state index in [1.54, 1.807) is 0 Å². The second-order valence-electron chi connectivity index (χ2n) is 4.28. The fourth-order valence-corrected chi connectivity index (χ4v) is 2.34. The number of aliphatic carboxylic acids is 1. The van der Waals surface area contributed by atoms with Gasteiger partial charge in [-0.3, -0.25) is 9.69 Å². The smallest absolute Gasteiger partial charge is 0.317 e. The van der Waals surface area contributed by atoms with Crippen LogP contribution in [0, 0.1) is 0 Å². The van der Waals surface area contributed by atoms with Gasteiger partial charge in [-0.05, 0) is 25.8 Å². The molecule has 0 bridgehead atoms. The molecule has 1 aliphatic rings. The quantitative estimate of drug-likeness (QED) is 0.720. The van der Waals surface area contributed by atoms with Crippen LogP contribution in [0.25, 0.3) is 0 Å². The Bertz CT molecular complexity index is 208. The van der Waals surface area contributed by atoms with Crippen LogP contribution in [0.2, 0.25) is 0 Å². The van der Waals surface area contributed by atoms with Gasteiger partial charge in [0.25, 0.3) is 0 Å². The average molecular weight is 215 g/mol. The number of aliphatic hydroxyl groups is 1. The molecule has 0 aromatic heterocycles. The molecule has 4 heteroatoms. The van der Waals surface area contributed by atoms with E-state index in [2.05, 4.69) is 0 Å². The summed E-state index contributed by atoms with van der Waals surface area (Å²) < 4.78 is 0. The third-order valence-corrected chi connectivity index (χ3v) is 3.01. The van der Waals surface area contributed by atoms with Crippen LogP contribution in [0.1, 0.15) is 39.0 Å². The van der Waals surface area contributed by atoms with Crippen molar-refractivity contribution in [2.75, 3.05) is 13.1 Å². The Kier molecular flexibility index (Phi) is 5.05. The first-order chi connectivity index (χ1) is 7.15. The van der Waals surface area contributed by atoms with Gasteiger partial charge in [0.05, 0.1) is 12.6 Å². The summed E-state index contributed by atoms with van der Waals surface area (Å²) in [4.78, 5) is 12.6. The number of carboxylic acid groups (broad SMARTS) is 1. The van der Waals surface area contributed by atoms with Crippen molar-refractivity contribution < 1.29 is 15.0 Å². The zero-order valence-electron chi connectivity index (χ0n) is 9.35. The molecule has 2 N–H and O–H groups in total. The maximum atomic E-state index is 10.7. The number of aliphatic hydroxyl groups excluding tert-OH is 1. The predicted molar refractivity (Wildman–Crippen MR) is 57.8 cm³/mol. The summed E-state index contributed by atoms with van der Waals surface area (Å²) in [6.45, 7) is 2.84. The molecule has 88 valence electrons. The first kappa shape index (κ1) is 12.5. The molecule has 0 aliphatic heterocycles. The van der Waals surface area contributed by atoms with Crippen molar-refractivity contribution in [1.82, 2.24) is 4.90 Å². The molecule has 0 saturated heterocycles. The summed E-state index contributed by atoms with van der Waals surface area (Å²) in [5, 5.41) is 18.6. The highest BCUT2D eigenvalue weighted by molar-refractivity contribution is 5.69. The second-order valence-corrected chi connectivity index (χ2v) is 4.28. The molecule has 0 spiro atoms. The molecule has 15 heavy (non-hydrogen) atoms. The lowest BCUT2D eigenvalue weighted by atomic mass is 9.91. The lowest BCUT2D eigenvalue weighted by Crippen LogP contribution is -2.47. The normalized spacial score (nSPS) is 26.9. The number of carboxylic acids is 1. The summed E-state index contributed by atoms with van der Waals surface area (Å²) in [6.07, 6.45) is 4.48. The first-order valence-corrected chi connectivity index (χ1v) is 5.79. The van der Waals surface area contributed by atoms with Gasteiger partial charge in [0.1, 0.15) is 0 Å². The number of hydrogen-bond donors (Lipinski definition) is 2. The molecule has 1 fully saturated rings. The van der Waals surface area contributed by atoms with E-state index in [1.165, 1.54) is 0 Å². The monoisotopic (exact) mass is 215 g/mol. The Morgan fingerprint density at radius 3 is 2.60 bits per heavy atom. The molecule has 0 aromatic rings. The maximum absolute atomic E-state index is 10.7. The molecule has 1 aliphatic carbocycles. The van der Waals surface area contributed by atoms with E-state index in [0.717, 1.165) is 38.6 Å². The zero-order chi connectivity index (χ0) is 11.3. The van der Waals surface area contributed by atoms with E-state index in [4.69, 9.17) is 5.11 Å². The maximum Gasteiger partial charge on any atom is 0.317 e. The van der Waals surface area contributed by atoms with E-state index >= 15 is 0 Å². The third-order valence-electron chi connectivity index (χ3n) is 3.01. The van der Waals surface area contributed by atoms with Crippen LogP contribution in [0.4, 0.5) is 0 Å². The molecule has 0 heterocycles. The minimum atomic E-state index is -0.804. The standard InChI is InChI=1S/C11H21NO3/c1-2-7-12(8-11(14)15)9-5-3-4-6-10(9)13/h9-10,13H,2-8H2,1H3,(H,14,15). The van der Waals surface area contributed by atoms with Gasteiger partial charge in [-0.25, -0.2) is 0 Å². The Balaban J connectivity index is 2.55. The minimum absolute atomic E-state index is 0.0507. The number of carbonyl (C=O) groups is 1. The van der Waals surface area contributed by atoms with Crippen molar-refractivity contribution in [2.24, 2.45) is 0 Å². The molecule has 0 amide bonds. The van der Waals surface area contributed by atoms with Crippen molar-refractivity contribution >= 4 is 5.97 Å². The van der Waals surface area contributed by atoms with Crippen LogP contribution in [0.5, 0.6) is 0 Å². The lowest BCUT2D eigenvalue weighted by molar-refractivity contribution is -0.139. The van der Waals surface area contributed by atoms with Crippen LogP contribution in [0.15, 0.2) is 0 Å².